The second-order valence-electron chi connectivity index (χ2n) is 9.09. The fourth-order valence-electron chi connectivity index (χ4n) is 4.74. The Morgan fingerprint density at radius 2 is 1.74 bits per heavy atom. The summed E-state index contributed by atoms with van der Waals surface area (Å²) < 4.78 is 42.0. The number of carbonyl (C=O) groups excluding carboxylic acids is 1. The molecular weight excluding hydrogens is 508 g/mol. The van der Waals surface area contributed by atoms with Gasteiger partial charge in [-0.05, 0) is 55.8 Å². The Morgan fingerprint density at radius 1 is 1.00 bits per heavy atom. The predicted molar refractivity (Wildman–Crippen MR) is 144 cm³/mol. The van der Waals surface area contributed by atoms with E-state index >= 15 is 0 Å². The van der Waals surface area contributed by atoms with Crippen LogP contribution in [0.25, 0.3) is 22.3 Å². The molecule has 38 heavy (non-hydrogen) atoms. The van der Waals surface area contributed by atoms with Crippen LogP contribution in [0.3, 0.4) is 0 Å². The lowest BCUT2D eigenvalue weighted by Crippen LogP contribution is -2.15. The molecule has 198 valence electrons. The molecule has 0 bridgehead atoms. The van der Waals surface area contributed by atoms with Gasteiger partial charge in [0.2, 0.25) is 0 Å². The number of ether oxygens (including phenoxy) is 3. The third-order valence-electron chi connectivity index (χ3n) is 6.66. The van der Waals surface area contributed by atoms with Crippen molar-refractivity contribution in [3.8, 4) is 28.5 Å². The Morgan fingerprint density at radius 3 is 2.37 bits per heavy atom. The van der Waals surface area contributed by atoms with Crippen LogP contribution in [0.2, 0.25) is 0 Å². The molecular formula is C27H28N4O6S. The molecule has 2 aromatic heterocycles. The maximum atomic E-state index is 13.7. The van der Waals surface area contributed by atoms with Gasteiger partial charge in [-0.25, -0.2) is 18.1 Å². The number of carbonyl (C=O) groups is 1. The van der Waals surface area contributed by atoms with Crippen LogP contribution < -0.4 is 19.5 Å². The Balaban J connectivity index is 1.64. The molecule has 0 aliphatic carbocycles. The molecule has 1 saturated heterocycles. The molecule has 1 fully saturated rings. The van der Waals surface area contributed by atoms with Gasteiger partial charge in [-0.15, -0.1) is 0 Å². The van der Waals surface area contributed by atoms with Crippen molar-refractivity contribution in [3.63, 3.8) is 0 Å². The van der Waals surface area contributed by atoms with Crippen LogP contribution in [0.15, 0.2) is 48.5 Å². The number of aryl methyl sites for hydroxylation is 1. The number of benzene rings is 2. The van der Waals surface area contributed by atoms with Gasteiger partial charge in [0.1, 0.15) is 5.75 Å². The van der Waals surface area contributed by atoms with Crippen LogP contribution in [-0.4, -0.2) is 61.9 Å². The van der Waals surface area contributed by atoms with Crippen LogP contribution in [-0.2, 0) is 9.84 Å². The second-order valence-corrected chi connectivity index (χ2v) is 11.3. The van der Waals surface area contributed by atoms with E-state index in [-0.39, 0.29) is 23.5 Å². The summed E-state index contributed by atoms with van der Waals surface area (Å²) in [6.45, 7) is 1.80. The van der Waals surface area contributed by atoms with Gasteiger partial charge in [-0.1, -0.05) is 0 Å². The smallest absolute Gasteiger partial charge is 0.256 e. The second kappa shape index (κ2) is 9.97. The maximum Gasteiger partial charge on any atom is 0.256 e. The van der Waals surface area contributed by atoms with Gasteiger partial charge in [0.25, 0.3) is 5.91 Å². The molecule has 1 N–H and O–H groups in total. The van der Waals surface area contributed by atoms with Crippen molar-refractivity contribution >= 4 is 32.5 Å². The van der Waals surface area contributed by atoms with E-state index in [2.05, 4.69) is 10.4 Å². The molecule has 1 amide bonds. The first-order valence-electron chi connectivity index (χ1n) is 12.0. The first kappa shape index (κ1) is 25.5. The third-order valence-corrected chi connectivity index (χ3v) is 8.41. The summed E-state index contributed by atoms with van der Waals surface area (Å²) in [5.74, 6) is 1.45. The van der Waals surface area contributed by atoms with Crippen LogP contribution in [0, 0.1) is 6.92 Å². The minimum atomic E-state index is -3.16. The molecule has 1 unspecified atom stereocenters. The van der Waals surface area contributed by atoms with E-state index in [0.717, 1.165) is 5.56 Å². The Bertz CT molecular complexity index is 1630. The molecule has 2 aromatic carbocycles. The standard InChI is InChI=1S/C27H28N4O6S/c1-16-25-21(27(32)28-18-7-10-23(36-3)24(13-18)37-4)14-22(17-5-8-20(35-2)9-6-17)29-26(25)31(30-16)19-11-12-38(33,34)15-19/h5-10,13-14,19H,11-12,15H2,1-4H3,(H,28,32). The number of anilines is 1. The van der Waals surface area contributed by atoms with Crippen molar-refractivity contribution in [2.24, 2.45) is 0 Å². The van der Waals surface area contributed by atoms with E-state index in [0.29, 0.717) is 57.3 Å². The average molecular weight is 537 g/mol. The number of hydrogen-bond donors (Lipinski definition) is 1. The maximum absolute atomic E-state index is 13.7. The lowest BCUT2D eigenvalue weighted by molar-refractivity contribution is 0.102. The van der Waals surface area contributed by atoms with E-state index in [4.69, 9.17) is 19.2 Å². The molecule has 1 atom stereocenters. The number of sulfone groups is 1. The summed E-state index contributed by atoms with van der Waals surface area (Å²) in [7, 11) is 1.50. The van der Waals surface area contributed by atoms with Crippen molar-refractivity contribution in [3.05, 3.63) is 59.8 Å². The fourth-order valence-corrected chi connectivity index (χ4v) is 6.43. The van der Waals surface area contributed by atoms with E-state index < -0.39 is 9.84 Å². The highest BCUT2D eigenvalue weighted by Crippen LogP contribution is 2.34. The first-order valence-corrected chi connectivity index (χ1v) is 13.8. The monoisotopic (exact) mass is 536 g/mol. The van der Waals surface area contributed by atoms with Crippen LogP contribution >= 0.6 is 0 Å². The highest BCUT2D eigenvalue weighted by atomic mass is 32.2. The summed E-state index contributed by atoms with van der Waals surface area (Å²) in [6, 6.07) is 13.8. The zero-order chi connectivity index (χ0) is 27.0. The van der Waals surface area contributed by atoms with E-state index in [1.807, 2.05) is 24.3 Å². The molecule has 3 heterocycles. The van der Waals surface area contributed by atoms with Gasteiger partial charge < -0.3 is 19.5 Å². The number of fused-ring (bicyclic) bond motifs is 1. The molecule has 10 nitrogen and oxygen atoms in total. The number of methoxy groups -OCH3 is 3. The SMILES string of the molecule is COc1ccc(-c2cc(C(=O)Nc3ccc(OC)c(OC)c3)c3c(C)nn(C4CCS(=O)(=O)C4)c3n2)cc1. The van der Waals surface area contributed by atoms with Gasteiger partial charge in [0.15, 0.2) is 27.0 Å². The molecule has 0 spiro atoms. The number of nitrogens with zero attached hydrogens (tertiary/aromatic N) is 3. The highest BCUT2D eigenvalue weighted by molar-refractivity contribution is 7.91. The predicted octanol–water partition coefficient (Wildman–Crippen LogP) is 4.04. The summed E-state index contributed by atoms with van der Waals surface area (Å²) in [5, 5.41) is 8.16. The van der Waals surface area contributed by atoms with Crippen molar-refractivity contribution < 1.29 is 27.4 Å². The number of pyridine rings is 1. The summed E-state index contributed by atoms with van der Waals surface area (Å²) in [5.41, 5.74) is 3.29. The van der Waals surface area contributed by atoms with Crippen LogP contribution in [0.5, 0.6) is 17.2 Å². The lowest BCUT2D eigenvalue weighted by Gasteiger charge is -2.13. The van der Waals surface area contributed by atoms with Crippen molar-refractivity contribution in [2.45, 2.75) is 19.4 Å². The number of amides is 1. The Kier molecular flexibility index (Phi) is 6.70. The quantitative estimate of drug-likeness (QED) is 0.376. The zero-order valence-electron chi connectivity index (χ0n) is 21.5. The van der Waals surface area contributed by atoms with Gasteiger partial charge in [-0.3, -0.25) is 4.79 Å². The van der Waals surface area contributed by atoms with Crippen LogP contribution in [0.1, 0.15) is 28.5 Å². The Labute approximate surface area is 220 Å². The minimum absolute atomic E-state index is 0.00909. The van der Waals surface area contributed by atoms with E-state index in [9.17, 15) is 13.2 Å². The number of hydrogen-bond acceptors (Lipinski definition) is 8. The van der Waals surface area contributed by atoms with Crippen molar-refractivity contribution in [2.75, 3.05) is 38.2 Å². The normalized spacial score (nSPS) is 16.4. The number of nitrogens with one attached hydrogen (secondary N) is 1. The molecule has 1 aliphatic heterocycles. The summed E-state index contributed by atoms with van der Waals surface area (Å²) >= 11 is 0. The highest BCUT2D eigenvalue weighted by Gasteiger charge is 2.32. The van der Waals surface area contributed by atoms with Crippen molar-refractivity contribution in [1.29, 1.82) is 0 Å². The first-order chi connectivity index (χ1) is 18.2. The van der Waals surface area contributed by atoms with Gasteiger partial charge in [0.05, 0.1) is 61.2 Å². The topological polar surface area (TPSA) is 122 Å². The number of aromatic nitrogens is 3. The molecule has 11 heteroatoms. The van der Waals surface area contributed by atoms with Crippen LogP contribution in [0.4, 0.5) is 5.69 Å². The van der Waals surface area contributed by atoms with E-state index in [1.54, 1.807) is 50.1 Å². The zero-order valence-corrected chi connectivity index (χ0v) is 22.3. The van der Waals surface area contributed by atoms with Gasteiger partial charge in [0, 0.05) is 17.3 Å². The van der Waals surface area contributed by atoms with Gasteiger partial charge >= 0.3 is 0 Å². The fraction of sp³-hybridized carbons (Fsp3) is 0.296. The molecule has 1 aliphatic rings. The van der Waals surface area contributed by atoms with E-state index in [1.165, 1.54) is 7.11 Å². The summed E-state index contributed by atoms with van der Waals surface area (Å²) in [4.78, 5) is 18.6. The molecule has 5 rings (SSSR count). The lowest BCUT2D eigenvalue weighted by atomic mass is 10.0. The third kappa shape index (κ3) is 4.76. The molecule has 4 aromatic rings. The summed E-state index contributed by atoms with van der Waals surface area (Å²) in [6.07, 6.45) is 0.445. The van der Waals surface area contributed by atoms with Crippen molar-refractivity contribution in [1.82, 2.24) is 14.8 Å². The molecule has 0 saturated carbocycles. The average Bonchev–Trinajstić information content (AvgIpc) is 3.46. The molecule has 0 radical (unpaired) electrons. The number of rotatable bonds is 7. The minimum Gasteiger partial charge on any atom is -0.497 e. The largest absolute Gasteiger partial charge is 0.497 e. The van der Waals surface area contributed by atoms with Gasteiger partial charge in [-0.2, -0.15) is 5.10 Å². The Hall–Kier alpha value is -4.12.